The van der Waals surface area contributed by atoms with E-state index in [1.807, 2.05) is 0 Å². The van der Waals surface area contributed by atoms with E-state index < -0.39 is 10.2 Å². The zero-order chi connectivity index (χ0) is 19.2. The van der Waals surface area contributed by atoms with Gasteiger partial charge in [0.2, 0.25) is 6.79 Å². The third kappa shape index (κ3) is 3.38. The number of nitrogens with one attached hydrogen (secondary N) is 1. The van der Waals surface area contributed by atoms with E-state index in [0.29, 0.717) is 35.2 Å². The molecule has 0 fully saturated rings. The Hall–Kier alpha value is -2.21. The van der Waals surface area contributed by atoms with Crippen molar-refractivity contribution in [3.63, 3.8) is 0 Å². The molecule has 0 atom stereocenters. The van der Waals surface area contributed by atoms with Gasteiger partial charge in [0.1, 0.15) is 0 Å². The number of aromatic nitrogens is 1. The minimum atomic E-state index is -3.47. The van der Waals surface area contributed by atoms with E-state index >= 15 is 0 Å². The van der Waals surface area contributed by atoms with Crippen LogP contribution in [0.5, 0.6) is 11.5 Å². The van der Waals surface area contributed by atoms with Gasteiger partial charge in [0.15, 0.2) is 16.6 Å². The molecule has 9 nitrogen and oxygen atoms in total. The van der Waals surface area contributed by atoms with Crippen LogP contribution < -0.4 is 14.8 Å². The van der Waals surface area contributed by atoms with Crippen molar-refractivity contribution in [2.75, 3.05) is 32.7 Å². The Morgan fingerprint density at radius 1 is 1.30 bits per heavy atom. The van der Waals surface area contributed by atoms with Crippen LogP contribution in [0.25, 0.3) is 0 Å². The normalized spacial score (nSPS) is 16.4. The molecule has 4 rings (SSSR count). The van der Waals surface area contributed by atoms with Crippen molar-refractivity contribution >= 4 is 32.6 Å². The molecule has 27 heavy (non-hydrogen) atoms. The second-order valence-electron chi connectivity index (χ2n) is 6.28. The molecule has 2 aliphatic heterocycles. The summed E-state index contributed by atoms with van der Waals surface area (Å²) >= 11 is 1.29. The molecule has 1 aromatic heterocycles. The molecular weight excluding hydrogens is 392 g/mol. The molecule has 0 saturated carbocycles. The first-order chi connectivity index (χ1) is 12.8. The molecule has 1 amide bonds. The Labute approximate surface area is 160 Å². The summed E-state index contributed by atoms with van der Waals surface area (Å²) in [7, 11) is -0.456. The van der Waals surface area contributed by atoms with Gasteiger partial charge in [-0.25, -0.2) is 4.98 Å². The molecule has 144 valence electrons. The van der Waals surface area contributed by atoms with E-state index in [9.17, 15) is 13.2 Å². The van der Waals surface area contributed by atoms with Crippen molar-refractivity contribution in [3.05, 3.63) is 34.3 Å². The number of thiazole rings is 1. The number of hydrogen-bond acceptors (Lipinski definition) is 7. The summed E-state index contributed by atoms with van der Waals surface area (Å²) in [6, 6.07) is 4.96. The van der Waals surface area contributed by atoms with Crippen LogP contribution in [0.1, 0.15) is 20.9 Å². The Balaban J connectivity index is 1.49. The van der Waals surface area contributed by atoms with Crippen LogP contribution in [0.4, 0.5) is 5.13 Å². The Morgan fingerprint density at radius 3 is 2.85 bits per heavy atom. The SMILES string of the molecule is CN(C)S(=O)(=O)N1CCc2nc(NC(=O)c3ccc4c(c3)OCO4)sc2C1. The molecule has 0 unspecified atom stereocenters. The molecule has 2 aromatic rings. The summed E-state index contributed by atoms with van der Waals surface area (Å²) in [5, 5.41) is 3.23. The monoisotopic (exact) mass is 410 g/mol. The molecule has 0 radical (unpaired) electrons. The van der Waals surface area contributed by atoms with Crippen LogP contribution in [0.15, 0.2) is 18.2 Å². The number of rotatable bonds is 4. The van der Waals surface area contributed by atoms with E-state index in [1.165, 1.54) is 34.0 Å². The van der Waals surface area contributed by atoms with Gasteiger partial charge in [0.25, 0.3) is 16.1 Å². The lowest BCUT2D eigenvalue weighted by Gasteiger charge is -2.27. The zero-order valence-corrected chi connectivity index (χ0v) is 16.4. The number of carbonyl (C=O) groups excluding carboxylic acids is 1. The number of carbonyl (C=O) groups is 1. The van der Waals surface area contributed by atoms with Crippen molar-refractivity contribution in [1.82, 2.24) is 13.6 Å². The lowest BCUT2D eigenvalue weighted by molar-refractivity contribution is 0.102. The number of anilines is 1. The number of fused-ring (bicyclic) bond motifs is 2. The van der Waals surface area contributed by atoms with Crippen LogP contribution in [0.3, 0.4) is 0 Å². The first kappa shape index (κ1) is 18.2. The molecule has 0 bridgehead atoms. The lowest BCUT2D eigenvalue weighted by atomic mass is 10.2. The van der Waals surface area contributed by atoms with Crippen LogP contribution in [0.2, 0.25) is 0 Å². The Morgan fingerprint density at radius 2 is 2.07 bits per heavy atom. The maximum atomic E-state index is 12.5. The molecule has 0 aliphatic carbocycles. The van der Waals surface area contributed by atoms with E-state index in [4.69, 9.17) is 9.47 Å². The van der Waals surface area contributed by atoms with Gasteiger partial charge in [0, 0.05) is 37.5 Å². The van der Waals surface area contributed by atoms with Gasteiger partial charge in [-0.15, -0.1) is 11.3 Å². The first-order valence-electron chi connectivity index (χ1n) is 8.22. The van der Waals surface area contributed by atoms with Crippen molar-refractivity contribution < 1.29 is 22.7 Å². The van der Waals surface area contributed by atoms with Gasteiger partial charge in [-0.2, -0.15) is 17.0 Å². The standard InChI is InChI=1S/C16H18N4O5S2/c1-19(2)27(22,23)20-6-5-11-14(8-20)26-16(17-11)18-15(21)10-3-4-12-13(7-10)25-9-24-12/h3-4,7H,5-6,8-9H2,1-2H3,(H,17,18,21). The molecule has 0 spiro atoms. The molecule has 1 N–H and O–H groups in total. The highest BCUT2D eigenvalue weighted by Gasteiger charge is 2.30. The van der Waals surface area contributed by atoms with Crippen molar-refractivity contribution in [1.29, 1.82) is 0 Å². The predicted molar refractivity (Wildman–Crippen MR) is 99.4 cm³/mol. The lowest BCUT2D eigenvalue weighted by Crippen LogP contribution is -2.42. The van der Waals surface area contributed by atoms with Gasteiger partial charge >= 0.3 is 0 Å². The summed E-state index contributed by atoms with van der Waals surface area (Å²) < 4.78 is 37.7. The third-order valence-electron chi connectivity index (χ3n) is 4.34. The molecule has 0 saturated heterocycles. The van der Waals surface area contributed by atoms with Gasteiger partial charge in [-0.1, -0.05) is 0 Å². The Kier molecular flexibility index (Phi) is 4.54. The van der Waals surface area contributed by atoms with Crippen molar-refractivity contribution in [2.24, 2.45) is 0 Å². The fourth-order valence-electron chi connectivity index (χ4n) is 2.86. The summed E-state index contributed by atoms with van der Waals surface area (Å²) in [4.78, 5) is 17.8. The zero-order valence-electron chi connectivity index (χ0n) is 14.8. The number of amides is 1. The molecule has 11 heteroatoms. The van der Waals surface area contributed by atoms with Crippen LogP contribution in [0, 0.1) is 0 Å². The average Bonchev–Trinajstić information content (AvgIpc) is 3.25. The molecule has 3 heterocycles. The summed E-state index contributed by atoms with van der Waals surface area (Å²) in [6.07, 6.45) is 0.513. The highest BCUT2D eigenvalue weighted by atomic mass is 32.2. The molecular formula is C16H18N4O5S2. The second kappa shape index (κ2) is 6.75. The fourth-order valence-corrected chi connectivity index (χ4v) is 5.04. The third-order valence-corrected chi connectivity index (χ3v) is 7.22. The van der Waals surface area contributed by atoms with Crippen LogP contribution in [-0.4, -0.2) is 55.4 Å². The number of hydrogen-bond donors (Lipinski definition) is 1. The minimum Gasteiger partial charge on any atom is -0.454 e. The smallest absolute Gasteiger partial charge is 0.281 e. The van der Waals surface area contributed by atoms with Crippen molar-refractivity contribution in [3.8, 4) is 11.5 Å². The topological polar surface area (TPSA) is 101 Å². The number of benzene rings is 1. The van der Waals surface area contributed by atoms with Crippen LogP contribution in [-0.2, 0) is 23.2 Å². The maximum Gasteiger partial charge on any atom is 0.281 e. The van der Waals surface area contributed by atoms with Gasteiger partial charge in [0.05, 0.1) is 12.2 Å². The summed E-state index contributed by atoms with van der Waals surface area (Å²) in [5.41, 5.74) is 1.26. The predicted octanol–water partition coefficient (Wildman–Crippen LogP) is 1.29. The van der Waals surface area contributed by atoms with E-state index in [0.717, 1.165) is 10.6 Å². The maximum absolute atomic E-state index is 12.5. The number of ether oxygens (including phenoxy) is 2. The Bertz CT molecular complexity index is 1000. The highest BCUT2D eigenvalue weighted by molar-refractivity contribution is 7.86. The quantitative estimate of drug-likeness (QED) is 0.815. The minimum absolute atomic E-state index is 0.145. The van der Waals surface area contributed by atoms with E-state index in [2.05, 4.69) is 10.3 Å². The fraction of sp³-hybridized carbons (Fsp3) is 0.375. The number of nitrogens with zero attached hydrogens (tertiary/aromatic N) is 3. The van der Waals surface area contributed by atoms with Crippen molar-refractivity contribution in [2.45, 2.75) is 13.0 Å². The van der Waals surface area contributed by atoms with Gasteiger partial charge in [-0.05, 0) is 18.2 Å². The first-order valence-corrected chi connectivity index (χ1v) is 10.4. The van der Waals surface area contributed by atoms with E-state index in [-0.39, 0.29) is 19.2 Å². The summed E-state index contributed by atoms with van der Waals surface area (Å²) in [6.45, 7) is 0.770. The average molecular weight is 410 g/mol. The molecule has 2 aliphatic rings. The molecule has 1 aromatic carbocycles. The summed E-state index contributed by atoms with van der Waals surface area (Å²) in [5.74, 6) is 0.834. The van der Waals surface area contributed by atoms with Gasteiger partial charge < -0.3 is 9.47 Å². The second-order valence-corrected chi connectivity index (χ2v) is 9.51. The largest absolute Gasteiger partial charge is 0.454 e. The van der Waals surface area contributed by atoms with Gasteiger partial charge in [-0.3, -0.25) is 10.1 Å². The van der Waals surface area contributed by atoms with Crippen LogP contribution >= 0.6 is 11.3 Å². The highest BCUT2D eigenvalue weighted by Crippen LogP contribution is 2.33. The van der Waals surface area contributed by atoms with E-state index in [1.54, 1.807) is 18.2 Å².